The van der Waals surface area contributed by atoms with Crippen molar-refractivity contribution in [3.63, 3.8) is 0 Å². The lowest BCUT2D eigenvalue weighted by molar-refractivity contribution is -0.0936. The maximum Gasteiger partial charge on any atom is 0.335 e. The van der Waals surface area contributed by atoms with Gasteiger partial charge in [0.1, 0.15) is 0 Å². The van der Waals surface area contributed by atoms with Crippen LogP contribution in [-0.4, -0.2) is 16.7 Å². The molecule has 5 nitrogen and oxygen atoms in total. The molecule has 0 aliphatic carbocycles. The van der Waals surface area contributed by atoms with Gasteiger partial charge in [-0.3, -0.25) is 4.84 Å². The summed E-state index contributed by atoms with van der Waals surface area (Å²) in [5, 5.41) is 8.83. The molecule has 0 aliphatic rings. The summed E-state index contributed by atoms with van der Waals surface area (Å²) in [6, 6.07) is 6.74. The van der Waals surface area contributed by atoms with Crippen molar-refractivity contribution in [2.24, 2.45) is 0 Å². The van der Waals surface area contributed by atoms with Crippen molar-refractivity contribution in [3.05, 3.63) is 35.4 Å². The van der Waals surface area contributed by atoms with Crippen LogP contribution in [0.15, 0.2) is 24.3 Å². The predicted molar refractivity (Wildman–Crippen MR) is 64.2 cm³/mol. The van der Waals surface area contributed by atoms with Gasteiger partial charge in [0.15, 0.2) is 0 Å². The molecule has 0 aromatic heterocycles. The zero-order chi connectivity index (χ0) is 12.9. The number of benzene rings is 1. The highest BCUT2D eigenvalue weighted by molar-refractivity contribution is 5.87. The molecule has 0 atom stereocenters. The van der Waals surface area contributed by atoms with Crippen LogP contribution in [-0.2, 0) is 11.4 Å². The van der Waals surface area contributed by atoms with Crippen LogP contribution in [0, 0.1) is 0 Å². The average Bonchev–Trinajstić information content (AvgIpc) is 2.23. The summed E-state index contributed by atoms with van der Waals surface area (Å²) in [5.41, 5.74) is 6.35. The summed E-state index contributed by atoms with van der Waals surface area (Å²) in [4.78, 5) is 16.0. The first-order valence-electron chi connectivity index (χ1n) is 5.36. The molecule has 0 heterocycles. The van der Waals surface area contributed by atoms with Gasteiger partial charge in [0.05, 0.1) is 11.2 Å². The standard InChI is InChI=1S/C12H18N2O3/c1-12(2,3)17-14-13-8-9-5-4-6-10(7-9)11(15)16/h4-7,13-14H,8H2,1-3H3,(H,15,16). The zero-order valence-electron chi connectivity index (χ0n) is 10.3. The van der Waals surface area contributed by atoms with Gasteiger partial charge in [-0.2, -0.15) is 0 Å². The van der Waals surface area contributed by atoms with Crippen LogP contribution in [0.4, 0.5) is 0 Å². The lowest BCUT2D eigenvalue weighted by atomic mass is 10.1. The maximum absolute atomic E-state index is 10.8. The smallest absolute Gasteiger partial charge is 0.335 e. The number of hydrogen-bond donors (Lipinski definition) is 3. The van der Waals surface area contributed by atoms with E-state index in [4.69, 9.17) is 9.94 Å². The predicted octanol–water partition coefficient (Wildman–Crippen LogP) is 1.71. The molecular weight excluding hydrogens is 220 g/mol. The molecule has 0 bridgehead atoms. The summed E-state index contributed by atoms with van der Waals surface area (Å²) in [6.45, 7) is 6.25. The Morgan fingerprint density at radius 3 is 2.71 bits per heavy atom. The van der Waals surface area contributed by atoms with Crippen molar-refractivity contribution in [1.29, 1.82) is 0 Å². The van der Waals surface area contributed by atoms with Gasteiger partial charge < -0.3 is 5.11 Å². The van der Waals surface area contributed by atoms with E-state index >= 15 is 0 Å². The second-order valence-electron chi connectivity index (χ2n) is 4.68. The van der Waals surface area contributed by atoms with Crippen LogP contribution in [0.25, 0.3) is 0 Å². The molecule has 1 aromatic carbocycles. The molecule has 0 spiro atoms. The van der Waals surface area contributed by atoms with Gasteiger partial charge in [-0.1, -0.05) is 12.1 Å². The highest BCUT2D eigenvalue weighted by Gasteiger charge is 2.09. The van der Waals surface area contributed by atoms with Crippen LogP contribution in [0.5, 0.6) is 0 Å². The van der Waals surface area contributed by atoms with Gasteiger partial charge in [-0.05, 0) is 38.5 Å². The van der Waals surface area contributed by atoms with E-state index in [-0.39, 0.29) is 11.2 Å². The molecule has 0 unspecified atom stereocenters. The number of rotatable bonds is 5. The first-order valence-corrected chi connectivity index (χ1v) is 5.36. The highest BCUT2D eigenvalue weighted by Crippen LogP contribution is 2.05. The number of hydrazine groups is 1. The molecular formula is C12H18N2O3. The van der Waals surface area contributed by atoms with Crippen LogP contribution < -0.4 is 11.0 Å². The summed E-state index contributed by atoms with van der Waals surface area (Å²) >= 11 is 0. The molecule has 94 valence electrons. The second kappa shape index (κ2) is 5.77. The quantitative estimate of drug-likeness (QED) is 0.538. The Kier molecular flexibility index (Phi) is 4.62. The maximum atomic E-state index is 10.8. The topological polar surface area (TPSA) is 70.6 Å². The van der Waals surface area contributed by atoms with Gasteiger partial charge in [0.2, 0.25) is 0 Å². The summed E-state index contributed by atoms with van der Waals surface area (Å²) < 4.78 is 0. The van der Waals surface area contributed by atoms with E-state index < -0.39 is 5.97 Å². The molecule has 0 aliphatic heterocycles. The van der Waals surface area contributed by atoms with E-state index in [0.29, 0.717) is 6.54 Å². The molecule has 1 aromatic rings. The Morgan fingerprint density at radius 2 is 2.12 bits per heavy atom. The van der Waals surface area contributed by atoms with Crippen LogP contribution >= 0.6 is 0 Å². The van der Waals surface area contributed by atoms with Gasteiger partial charge in [0.25, 0.3) is 0 Å². The molecule has 3 N–H and O–H groups in total. The van der Waals surface area contributed by atoms with Crippen LogP contribution in [0.2, 0.25) is 0 Å². The van der Waals surface area contributed by atoms with Gasteiger partial charge in [-0.25, -0.2) is 10.2 Å². The Hall–Kier alpha value is -1.43. The minimum Gasteiger partial charge on any atom is -0.478 e. The number of aromatic carboxylic acids is 1. The van der Waals surface area contributed by atoms with Gasteiger partial charge in [-0.15, -0.1) is 5.59 Å². The summed E-state index contributed by atoms with van der Waals surface area (Å²) in [7, 11) is 0. The molecule has 1 rings (SSSR count). The first-order chi connectivity index (χ1) is 7.88. The van der Waals surface area contributed by atoms with Gasteiger partial charge >= 0.3 is 5.97 Å². The minimum absolute atomic E-state index is 0.279. The molecule has 5 heteroatoms. The number of carbonyl (C=O) groups is 1. The van der Waals surface area contributed by atoms with E-state index in [1.165, 1.54) is 0 Å². The van der Waals surface area contributed by atoms with E-state index in [1.54, 1.807) is 18.2 Å². The third-order valence-electron chi connectivity index (χ3n) is 1.90. The summed E-state index contributed by atoms with van der Waals surface area (Å²) in [5.74, 6) is -0.925. The van der Waals surface area contributed by atoms with Crippen LogP contribution in [0.1, 0.15) is 36.7 Å². The third kappa shape index (κ3) is 5.44. The lowest BCUT2D eigenvalue weighted by Crippen LogP contribution is -2.38. The van der Waals surface area contributed by atoms with Crippen LogP contribution in [0.3, 0.4) is 0 Å². The van der Waals surface area contributed by atoms with E-state index in [1.807, 2.05) is 26.8 Å². The first kappa shape index (κ1) is 13.6. The molecule has 0 fully saturated rings. The molecule has 0 radical (unpaired) electrons. The Bertz CT molecular complexity index is 386. The average molecular weight is 238 g/mol. The van der Waals surface area contributed by atoms with Crippen molar-refractivity contribution in [2.45, 2.75) is 32.9 Å². The van der Waals surface area contributed by atoms with E-state index in [9.17, 15) is 4.79 Å². The van der Waals surface area contributed by atoms with Crippen molar-refractivity contribution < 1.29 is 14.7 Å². The molecule has 0 saturated heterocycles. The fourth-order valence-corrected chi connectivity index (χ4v) is 1.14. The fraction of sp³-hybridized carbons (Fsp3) is 0.417. The van der Waals surface area contributed by atoms with Crippen molar-refractivity contribution in [3.8, 4) is 0 Å². The van der Waals surface area contributed by atoms with Crippen molar-refractivity contribution in [2.75, 3.05) is 0 Å². The SMILES string of the molecule is CC(C)(C)ONNCc1cccc(C(=O)O)c1. The Labute approximate surface area is 101 Å². The van der Waals surface area contributed by atoms with Crippen molar-refractivity contribution >= 4 is 5.97 Å². The largest absolute Gasteiger partial charge is 0.478 e. The summed E-state index contributed by atoms with van der Waals surface area (Å²) in [6.07, 6.45) is 0. The molecule has 0 amide bonds. The Balaban J connectivity index is 2.42. The number of carboxylic acid groups (broad SMARTS) is 1. The lowest BCUT2D eigenvalue weighted by Gasteiger charge is -2.19. The third-order valence-corrected chi connectivity index (χ3v) is 1.90. The zero-order valence-corrected chi connectivity index (χ0v) is 10.3. The van der Waals surface area contributed by atoms with E-state index in [2.05, 4.69) is 11.0 Å². The highest BCUT2D eigenvalue weighted by atomic mass is 16.7. The number of nitrogens with one attached hydrogen (secondary N) is 2. The fourth-order valence-electron chi connectivity index (χ4n) is 1.14. The molecule has 0 saturated carbocycles. The number of carboxylic acids is 1. The van der Waals surface area contributed by atoms with Gasteiger partial charge in [0, 0.05) is 6.54 Å². The second-order valence-corrected chi connectivity index (χ2v) is 4.68. The minimum atomic E-state index is -0.925. The van der Waals surface area contributed by atoms with E-state index in [0.717, 1.165) is 5.56 Å². The van der Waals surface area contributed by atoms with Crippen molar-refractivity contribution in [1.82, 2.24) is 11.0 Å². The Morgan fingerprint density at radius 1 is 1.41 bits per heavy atom. The monoisotopic (exact) mass is 238 g/mol. The normalized spacial score (nSPS) is 11.5. The number of hydrogen-bond acceptors (Lipinski definition) is 4. The molecule has 17 heavy (non-hydrogen) atoms.